The average Bonchev–Trinajstić information content (AvgIpc) is 3.28. The summed E-state index contributed by atoms with van der Waals surface area (Å²) in [5, 5.41) is 6.10. The predicted octanol–water partition coefficient (Wildman–Crippen LogP) is 5.61. The SMILES string of the molecule is Nn1c2ccc3ccccc3c2c2c3c(ccc21)ccn3-c1ccccc1. The predicted molar refractivity (Wildman–Crippen MR) is 114 cm³/mol. The number of hydrogen-bond acceptors (Lipinski definition) is 1. The van der Waals surface area contributed by atoms with Gasteiger partial charge in [-0.1, -0.05) is 54.6 Å². The summed E-state index contributed by atoms with van der Waals surface area (Å²) in [6, 6.07) is 29.7. The van der Waals surface area contributed by atoms with Crippen LogP contribution in [0, 0.1) is 0 Å². The minimum Gasteiger partial charge on any atom is -0.339 e. The molecule has 0 amide bonds. The highest BCUT2D eigenvalue weighted by Gasteiger charge is 2.17. The Labute approximate surface area is 155 Å². The zero-order valence-electron chi connectivity index (χ0n) is 14.6. The van der Waals surface area contributed by atoms with Crippen molar-refractivity contribution in [2.24, 2.45) is 0 Å². The number of nitrogen functional groups attached to an aromatic ring is 1. The molecule has 3 nitrogen and oxygen atoms in total. The molecule has 4 aromatic carbocycles. The maximum Gasteiger partial charge on any atom is 0.0725 e. The summed E-state index contributed by atoms with van der Waals surface area (Å²) in [5.74, 6) is 6.52. The number of para-hydroxylation sites is 1. The summed E-state index contributed by atoms with van der Waals surface area (Å²) < 4.78 is 4.08. The molecule has 6 aromatic rings. The smallest absolute Gasteiger partial charge is 0.0725 e. The molecule has 2 N–H and O–H groups in total. The molecule has 0 aliphatic carbocycles. The number of benzene rings is 4. The number of hydrogen-bond donors (Lipinski definition) is 1. The quantitative estimate of drug-likeness (QED) is 0.386. The van der Waals surface area contributed by atoms with Crippen LogP contribution in [-0.2, 0) is 0 Å². The number of aromatic nitrogens is 2. The van der Waals surface area contributed by atoms with Gasteiger partial charge in [0.1, 0.15) is 0 Å². The summed E-state index contributed by atoms with van der Waals surface area (Å²) >= 11 is 0. The Hall–Kier alpha value is -3.72. The highest BCUT2D eigenvalue weighted by atomic mass is 15.3. The first kappa shape index (κ1) is 14.4. The highest BCUT2D eigenvalue weighted by molar-refractivity contribution is 6.27. The van der Waals surface area contributed by atoms with E-state index in [0.717, 1.165) is 16.7 Å². The van der Waals surface area contributed by atoms with Crippen molar-refractivity contribution in [2.45, 2.75) is 0 Å². The monoisotopic (exact) mass is 347 g/mol. The lowest BCUT2D eigenvalue weighted by atomic mass is 10.0. The van der Waals surface area contributed by atoms with Gasteiger partial charge in [0.15, 0.2) is 0 Å². The zero-order valence-corrected chi connectivity index (χ0v) is 14.6. The molecule has 0 saturated carbocycles. The average molecular weight is 347 g/mol. The number of rotatable bonds is 1. The molecule has 27 heavy (non-hydrogen) atoms. The van der Waals surface area contributed by atoms with Crippen molar-refractivity contribution in [3.63, 3.8) is 0 Å². The first-order chi connectivity index (χ1) is 13.3. The minimum atomic E-state index is 1.05. The second kappa shape index (κ2) is 5.15. The van der Waals surface area contributed by atoms with E-state index in [4.69, 9.17) is 5.84 Å². The van der Waals surface area contributed by atoms with E-state index in [0.29, 0.717) is 0 Å². The zero-order chi connectivity index (χ0) is 18.0. The lowest BCUT2D eigenvalue weighted by Gasteiger charge is -2.07. The summed E-state index contributed by atoms with van der Waals surface area (Å²) in [6.07, 6.45) is 2.14. The third-order valence-electron chi connectivity index (χ3n) is 5.54. The van der Waals surface area contributed by atoms with Crippen molar-refractivity contribution in [3.05, 3.63) is 91.1 Å². The van der Waals surface area contributed by atoms with E-state index in [-0.39, 0.29) is 0 Å². The fourth-order valence-electron chi connectivity index (χ4n) is 4.32. The van der Waals surface area contributed by atoms with Gasteiger partial charge in [-0.2, -0.15) is 0 Å². The van der Waals surface area contributed by atoms with Gasteiger partial charge in [0.05, 0.1) is 16.6 Å². The molecule has 0 unspecified atom stereocenters. The Kier molecular flexibility index (Phi) is 2.75. The molecule has 0 atom stereocenters. The molecule has 3 heteroatoms. The van der Waals surface area contributed by atoms with Crippen LogP contribution in [-0.4, -0.2) is 9.24 Å². The maximum absolute atomic E-state index is 6.52. The van der Waals surface area contributed by atoms with E-state index in [2.05, 4.69) is 89.6 Å². The van der Waals surface area contributed by atoms with Crippen LogP contribution in [0.25, 0.3) is 49.2 Å². The van der Waals surface area contributed by atoms with Gasteiger partial charge in [0, 0.05) is 28.0 Å². The number of nitrogens with zero attached hydrogens (tertiary/aromatic N) is 2. The van der Waals surface area contributed by atoms with Gasteiger partial charge < -0.3 is 10.4 Å². The molecule has 0 fully saturated rings. The molecule has 0 spiro atoms. The molecular weight excluding hydrogens is 330 g/mol. The molecule has 6 rings (SSSR count). The Morgan fingerprint density at radius 3 is 2.15 bits per heavy atom. The molecular formula is C24H17N3. The van der Waals surface area contributed by atoms with E-state index in [1.54, 1.807) is 0 Å². The van der Waals surface area contributed by atoms with Gasteiger partial charge in [-0.15, -0.1) is 0 Å². The second-order valence-electron chi connectivity index (χ2n) is 6.97. The van der Waals surface area contributed by atoms with Crippen molar-refractivity contribution in [3.8, 4) is 5.69 Å². The Morgan fingerprint density at radius 1 is 0.593 bits per heavy atom. The second-order valence-corrected chi connectivity index (χ2v) is 6.97. The Morgan fingerprint density at radius 2 is 1.30 bits per heavy atom. The Balaban J connectivity index is 1.92. The molecule has 2 heterocycles. The molecule has 0 aliphatic heterocycles. The molecule has 128 valence electrons. The van der Waals surface area contributed by atoms with Gasteiger partial charge in [-0.25, -0.2) is 0 Å². The molecule has 2 aromatic heterocycles. The number of nitrogens with two attached hydrogens (primary N) is 1. The van der Waals surface area contributed by atoms with Crippen LogP contribution >= 0.6 is 0 Å². The topological polar surface area (TPSA) is 35.9 Å². The van der Waals surface area contributed by atoms with Crippen LogP contribution in [0.15, 0.2) is 91.1 Å². The first-order valence-corrected chi connectivity index (χ1v) is 9.09. The Bertz CT molecular complexity index is 1470. The molecule has 0 radical (unpaired) electrons. The standard InChI is InChI=1S/C24H17N3/c25-27-20-12-10-16-6-4-5-9-19(16)22(20)23-21(27)13-11-17-14-15-26(24(17)23)18-7-2-1-3-8-18/h1-15H,25H2. The van der Waals surface area contributed by atoms with Crippen LogP contribution in [0.4, 0.5) is 0 Å². The largest absolute Gasteiger partial charge is 0.339 e. The first-order valence-electron chi connectivity index (χ1n) is 9.09. The lowest BCUT2D eigenvalue weighted by Crippen LogP contribution is -2.06. The van der Waals surface area contributed by atoms with Crippen molar-refractivity contribution in [2.75, 3.05) is 5.84 Å². The fraction of sp³-hybridized carbons (Fsp3) is 0. The molecule has 0 aliphatic rings. The van der Waals surface area contributed by atoms with Crippen LogP contribution in [0.5, 0.6) is 0 Å². The summed E-state index contributed by atoms with van der Waals surface area (Å²) in [4.78, 5) is 0. The lowest BCUT2D eigenvalue weighted by molar-refractivity contribution is 1.12. The van der Waals surface area contributed by atoms with E-state index >= 15 is 0 Å². The van der Waals surface area contributed by atoms with Crippen molar-refractivity contribution >= 4 is 43.5 Å². The van der Waals surface area contributed by atoms with Crippen molar-refractivity contribution < 1.29 is 0 Å². The van der Waals surface area contributed by atoms with Gasteiger partial charge in [0.2, 0.25) is 0 Å². The van der Waals surface area contributed by atoms with Crippen LogP contribution in [0.1, 0.15) is 0 Å². The van der Waals surface area contributed by atoms with E-state index < -0.39 is 0 Å². The number of fused-ring (bicyclic) bond motifs is 7. The van der Waals surface area contributed by atoms with Crippen LogP contribution in [0.2, 0.25) is 0 Å². The third kappa shape index (κ3) is 1.86. The van der Waals surface area contributed by atoms with E-state index in [1.165, 1.54) is 32.4 Å². The van der Waals surface area contributed by atoms with E-state index in [9.17, 15) is 0 Å². The van der Waals surface area contributed by atoms with E-state index in [1.807, 2.05) is 10.7 Å². The third-order valence-corrected chi connectivity index (χ3v) is 5.54. The molecule has 0 bridgehead atoms. The minimum absolute atomic E-state index is 1.05. The van der Waals surface area contributed by atoms with Crippen molar-refractivity contribution in [1.82, 2.24) is 9.24 Å². The normalized spacial score (nSPS) is 11.9. The summed E-state index contributed by atoms with van der Waals surface area (Å²) in [7, 11) is 0. The summed E-state index contributed by atoms with van der Waals surface area (Å²) in [6.45, 7) is 0. The van der Waals surface area contributed by atoms with Crippen LogP contribution in [0.3, 0.4) is 0 Å². The van der Waals surface area contributed by atoms with Gasteiger partial charge >= 0.3 is 0 Å². The van der Waals surface area contributed by atoms with Gasteiger partial charge in [0.25, 0.3) is 0 Å². The van der Waals surface area contributed by atoms with Crippen LogP contribution < -0.4 is 5.84 Å². The van der Waals surface area contributed by atoms with Gasteiger partial charge in [-0.05, 0) is 41.1 Å². The maximum atomic E-state index is 6.52. The van der Waals surface area contributed by atoms with Gasteiger partial charge in [-0.3, -0.25) is 4.68 Å². The summed E-state index contributed by atoms with van der Waals surface area (Å²) in [5.41, 5.74) is 4.45. The fourth-order valence-corrected chi connectivity index (χ4v) is 4.32. The molecule has 0 saturated heterocycles. The van der Waals surface area contributed by atoms with Crippen molar-refractivity contribution in [1.29, 1.82) is 0 Å². The highest BCUT2D eigenvalue weighted by Crippen LogP contribution is 2.38.